The number of hydrogen-bond acceptors (Lipinski definition) is 2. The van der Waals surface area contributed by atoms with Crippen molar-refractivity contribution in [2.45, 2.75) is 0 Å². The summed E-state index contributed by atoms with van der Waals surface area (Å²) < 4.78 is 5.34. The molecule has 0 aliphatic heterocycles. The van der Waals surface area contributed by atoms with Crippen LogP contribution in [0.25, 0.3) is 62.6 Å². The van der Waals surface area contributed by atoms with Crippen molar-refractivity contribution in [1.82, 2.24) is 0 Å². The van der Waals surface area contributed by atoms with Crippen molar-refractivity contribution in [3.05, 3.63) is 194 Å². The van der Waals surface area contributed by atoms with Crippen LogP contribution in [0.2, 0.25) is 0 Å². The van der Waals surface area contributed by atoms with Gasteiger partial charge in [0.1, 0.15) is 0 Å². The maximum atomic E-state index is 2.48. The topological polar surface area (TPSA) is 0 Å². The molecule has 0 unspecified atom stereocenters. The second-order valence-corrected chi connectivity index (χ2v) is 19.2. The zero-order valence-corrected chi connectivity index (χ0v) is 30.4. The van der Waals surface area contributed by atoms with E-state index in [1.165, 1.54) is 83.3 Å². The summed E-state index contributed by atoms with van der Waals surface area (Å²) in [6, 6.07) is 72.8. The van der Waals surface area contributed by atoms with Crippen LogP contribution in [0.5, 0.6) is 0 Å². The monoisotopic (exact) mass is 700 g/mol. The molecular formula is C48H32S2Si. The summed E-state index contributed by atoms with van der Waals surface area (Å²) in [5, 5.41) is 10.9. The molecule has 8 aromatic carbocycles. The highest BCUT2D eigenvalue weighted by Gasteiger charge is 2.41. The van der Waals surface area contributed by atoms with E-state index in [1.807, 2.05) is 22.7 Å². The molecule has 3 heteroatoms. The predicted octanol–water partition coefficient (Wildman–Crippen LogP) is 11.1. The largest absolute Gasteiger partial charge is 0.179 e. The van der Waals surface area contributed by atoms with E-state index in [0.29, 0.717) is 0 Å². The number of rotatable bonds is 6. The molecule has 0 nitrogen and oxygen atoms in total. The van der Waals surface area contributed by atoms with Gasteiger partial charge in [-0.1, -0.05) is 170 Å². The fourth-order valence-electron chi connectivity index (χ4n) is 8.05. The van der Waals surface area contributed by atoms with E-state index < -0.39 is 8.07 Å². The summed E-state index contributed by atoms with van der Waals surface area (Å²) in [6.07, 6.45) is 0. The van der Waals surface area contributed by atoms with E-state index in [4.69, 9.17) is 0 Å². The molecule has 0 N–H and O–H groups in total. The number of fused-ring (bicyclic) bond motifs is 6. The van der Waals surface area contributed by atoms with Crippen molar-refractivity contribution in [1.29, 1.82) is 0 Å². The standard InChI is InChI=1S/C48H32S2Si/c1-3-15-37(16-4-1)51(38-17-5-2-6-18-38,39-19-11-13-33(29-39)35-25-27-43-41-21-7-9-23-45(41)49-47(43)31-35)40-20-12-14-34(30-40)36-26-28-44-42-22-8-10-24-46(42)50-48(44)32-36/h1-32H. The summed E-state index contributed by atoms with van der Waals surface area (Å²) in [7, 11) is -2.78. The zero-order chi connectivity index (χ0) is 33.8. The van der Waals surface area contributed by atoms with Crippen molar-refractivity contribution >= 4 is 91.8 Å². The second-order valence-electron chi connectivity index (χ2n) is 13.3. The number of benzene rings is 8. The van der Waals surface area contributed by atoms with Crippen LogP contribution in [0.4, 0.5) is 0 Å². The van der Waals surface area contributed by atoms with Gasteiger partial charge in [-0.05, 0) is 67.3 Å². The lowest BCUT2D eigenvalue weighted by Crippen LogP contribution is -2.74. The molecule has 0 radical (unpaired) electrons. The minimum Gasteiger partial charge on any atom is -0.135 e. The molecule has 240 valence electrons. The smallest absolute Gasteiger partial charge is 0.135 e. The van der Waals surface area contributed by atoms with Crippen LogP contribution in [-0.2, 0) is 0 Å². The lowest BCUT2D eigenvalue weighted by molar-refractivity contribution is 1.64. The molecule has 51 heavy (non-hydrogen) atoms. The van der Waals surface area contributed by atoms with E-state index >= 15 is 0 Å². The third-order valence-corrected chi connectivity index (χ3v) is 17.4. The molecule has 0 aliphatic carbocycles. The first-order valence-electron chi connectivity index (χ1n) is 17.4. The SMILES string of the molecule is c1ccc([Si](c2ccccc2)(c2cccc(-c3ccc4c(c3)sc3ccccc34)c2)c2cccc(-c3ccc4c(c3)sc3ccccc34)c2)cc1. The number of thiophene rings is 2. The van der Waals surface area contributed by atoms with E-state index in [2.05, 4.69) is 194 Å². The Labute approximate surface area is 306 Å². The normalized spacial score (nSPS) is 11.9. The minimum absolute atomic E-state index is 1.25. The van der Waals surface area contributed by atoms with Crippen LogP contribution in [-0.4, -0.2) is 8.07 Å². The molecule has 0 saturated carbocycles. The molecule has 10 aromatic rings. The Morgan fingerprint density at radius 1 is 0.255 bits per heavy atom. The second kappa shape index (κ2) is 12.3. The Bertz CT molecular complexity index is 2670. The highest BCUT2D eigenvalue weighted by molar-refractivity contribution is 7.26. The zero-order valence-electron chi connectivity index (χ0n) is 27.8. The molecule has 0 saturated heterocycles. The molecule has 0 atom stereocenters. The summed E-state index contributed by atoms with van der Waals surface area (Å²) in [5.41, 5.74) is 5.01. The molecule has 0 amide bonds. The molecule has 2 heterocycles. The molecule has 2 aromatic heterocycles. The van der Waals surface area contributed by atoms with Gasteiger partial charge in [-0.15, -0.1) is 22.7 Å². The van der Waals surface area contributed by atoms with Crippen LogP contribution in [0.15, 0.2) is 194 Å². The molecule has 0 spiro atoms. The van der Waals surface area contributed by atoms with Gasteiger partial charge >= 0.3 is 0 Å². The first-order chi connectivity index (χ1) is 25.3. The van der Waals surface area contributed by atoms with Crippen LogP contribution < -0.4 is 20.7 Å². The van der Waals surface area contributed by atoms with Crippen LogP contribution >= 0.6 is 22.7 Å². The Balaban J connectivity index is 1.18. The van der Waals surface area contributed by atoms with Gasteiger partial charge in [-0.2, -0.15) is 0 Å². The van der Waals surface area contributed by atoms with Gasteiger partial charge in [0.15, 0.2) is 8.07 Å². The maximum Gasteiger partial charge on any atom is 0.179 e. The van der Waals surface area contributed by atoms with Gasteiger partial charge in [-0.3, -0.25) is 0 Å². The van der Waals surface area contributed by atoms with Crippen LogP contribution in [0, 0.1) is 0 Å². The van der Waals surface area contributed by atoms with Crippen molar-refractivity contribution in [3.63, 3.8) is 0 Å². The van der Waals surface area contributed by atoms with Crippen LogP contribution in [0.3, 0.4) is 0 Å². The average molecular weight is 701 g/mol. The van der Waals surface area contributed by atoms with E-state index in [9.17, 15) is 0 Å². The Morgan fingerprint density at radius 2 is 0.627 bits per heavy atom. The minimum atomic E-state index is -2.78. The van der Waals surface area contributed by atoms with Gasteiger partial charge in [0.05, 0.1) is 0 Å². The highest BCUT2D eigenvalue weighted by atomic mass is 32.1. The lowest BCUT2D eigenvalue weighted by atomic mass is 10.0. The molecule has 0 bridgehead atoms. The van der Waals surface area contributed by atoms with E-state index in [0.717, 1.165) is 0 Å². The fraction of sp³-hybridized carbons (Fsp3) is 0. The first-order valence-corrected chi connectivity index (χ1v) is 21.0. The van der Waals surface area contributed by atoms with Gasteiger partial charge < -0.3 is 0 Å². The molecule has 0 fully saturated rings. The van der Waals surface area contributed by atoms with Crippen molar-refractivity contribution in [2.75, 3.05) is 0 Å². The van der Waals surface area contributed by atoms with Gasteiger partial charge in [0.2, 0.25) is 0 Å². The lowest BCUT2D eigenvalue weighted by Gasteiger charge is -2.35. The summed E-state index contributed by atoms with van der Waals surface area (Å²) in [6.45, 7) is 0. The molecule has 0 aliphatic rings. The van der Waals surface area contributed by atoms with Crippen molar-refractivity contribution < 1.29 is 0 Å². The van der Waals surface area contributed by atoms with E-state index in [1.54, 1.807) is 0 Å². The third kappa shape index (κ3) is 5.00. The van der Waals surface area contributed by atoms with Gasteiger partial charge in [-0.25, -0.2) is 0 Å². The Hall–Kier alpha value is -5.58. The molecular weight excluding hydrogens is 669 g/mol. The van der Waals surface area contributed by atoms with Gasteiger partial charge in [0, 0.05) is 40.3 Å². The Morgan fingerprint density at radius 3 is 1.10 bits per heavy atom. The summed E-state index contributed by atoms with van der Waals surface area (Å²) >= 11 is 3.76. The summed E-state index contributed by atoms with van der Waals surface area (Å²) in [5.74, 6) is 0. The summed E-state index contributed by atoms with van der Waals surface area (Å²) in [4.78, 5) is 0. The maximum absolute atomic E-state index is 2.78. The third-order valence-electron chi connectivity index (χ3n) is 10.4. The predicted molar refractivity (Wildman–Crippen MR) is 227 cm³/mol. The highest BCUT2D eigenvalue weighted by Crippen LogP contribution is 2.37. The van der Waals surface area contributed by atoms with Crippen LogP contribution in [0.1, 0.15) is 0 Å². The molecule has 10 rings (SSSR count). The first kappa shape index (κ1) is 30.3. The van der Waals surface area contributed by atoms with Crippen molar-refractivity contribution in [2.24, 2.45) is 0 Å². The quantitative estimate of drug-likeness (QED) is 0.120. The number of hydrogen-bond donors (Lipinski definition) is 0. The van der Waals surface area contributed by atoms with E-state index in [-0.39, 0.29) is 0 Å². The average Bonchev–Trinajstić information content (AvgIpc) is 3.77. The Kier molecular flexibility index (Phi) is 7.31. The fourth-order valence-corrected chi connectivity index (χ4v) is 15.2. The van der Waals surface area contributed by atoms with Gasteiger partial charge in [0.25, 0.3) is 0 Å². The van der Waals surface area contributed by atoms with Crippen molar-refractivity contribution in [3.8, 4) is 22.3 Å².